The number of fused-ring (bicyclic) bond motifs is 1. The van der Waals surface area contributed by atoms with Gasteiger partial charge in [0.25, 0.3) is 10.0 Å². The highest BCUT2D eigenvalue weighted by atomic mass is 32.2. The van der Waals surface area contributed by atoms with Gasteiger partial charge in [-0.25, -0.2) is 17.9 Å². The fourth-order valence-electron chi connectivity index (χ4n) is 3.62. The molecule has 6 nitrogen and oxygen atoms in total. The Kier molecular flexibility index (Phi) is 6.77. The molecule has 0 aliphatic carbocycles. The molecule has 1 aliphatic heterocycles. The third-order valence-corrected chi connectivity index (χ3v) is 8.33. The molecule has 11 heteroatoms. The second kappa shape index (κ2) is 8.77. The molecule has 0 fully saturated rings. The summed E-state index contributed by atoms with van der Waals surface area (Å²) in [6, 6.07) is 5.14. The van der Waals surface area contributed by atoms with Gasteiger partial charge in [0.1, 0.15) is 4.21 Å². The van der Waals surface area contributed by atoms with Gasteiger partial charge in [-0.2, -0.15) is 13.2 Å². The molecule has 0 bridgehead atoms. The van der Waals surface area contributed by atoms with Crippen molar-refractivity contribution in [2.75, 3.05) is 13.7 Å². The number of thiophene rings is 1. The van der Waals surface area contributed by atoms with Gasteiger partial charge < -0.3 is 4.74 Å². The monoisotopic (exact) mass is 490 g/mol. The molecule has 2 heterocycles. The second-order valence-corrected chi connectivity index (χ2v) is 11.7. The summed E-state index contributed by atoms with van der Waals surface area (Å²) in [6.07, 6.45) is -4.03. The topological polar surface area (TPSA) is 75.7 Å². The number of carbonyl (C=O) groups excluding carboxylic acids is 1. The van der Waals surface area contributed by atoms with Crippen molar-refractivity contribution in [2.45, 2.75) is 56.2 Å². The van der Waals surface area contributed by atoms with Crippen molar-refractivity contribution in [3.05, 3.63) is 51.4 Å². The number of esters is 1. The number of alkyl halides is 3. The Bertz CT molecular complexity index is 1120. The van der Waals surface area contributed by atoms with Crippen LogP contribution in [-0.2, 0) is 40.4 Å². The first-order chi connectivity index (χ1) is 14.7. The minimum Gasteiger partial charge on any atom is -0.465 e. The number of rotatable bonds is 5. The highest BCUT2D eigenvalue weighted by Gasteiger charge is 2.36. The Morgan fingerprint density at radius 2 is 1.94 bits per heavy atom. The molecule has 32 heavy (non-hydrogen) atoms. The summed E-state index contributed by atoms with van der Waals surface area (Å²) >= 11 is 1.00. The summed E-state index contributed by atoms with van der Waals surface area (Å²) in [6.45, 7) is 6.17. The predicted molar refractivity (Wildman–Crippen MR) is 115 cm³/mol. The van der Waals surface area contributed by atoms with Crippen molar-refractivity contribution < 1.29 is 31.1 Å². The molecule has 0 saturated heterocycles. The number of benzene rings is 1. The fourth-order valence-corrected chi connectivity index (χ4v) is 6.96. The zero-order valence-corrected chi connectivity index (χ0v) is 19.8. The van der Waals surface area contributed by atoms with E-state index in [-0.39, 0.29) is 16.3 Å². The number of nitrogens with zero attached hydrogens (tertiary/aromatic N) is 1. The quantitative estimate of drug-likeness (QED) is 0.637. The van der Waals surface area contributed by atoms with Gasteiger partial charge in [-0.05, 0) is 44.4 Å². The Labute approximate surface area is 189 Å². The van der Waals surface area contributed by atoms with E-state index in [2.05, 4.69) is 4.72 Å². The van der Waals surface area contributed by atoms with E-state index in [0.717, 1.165) is 23.5 Å². The molecule has 0 radical (unpaired) electrons. The van der Waals surface area contributed by atoms with E-state index in [1.165, 1.54) is 13.2 Å². The largest absolute Gasteiger partial charge is 0.465 e. The Balaban J connectivity index is 1.92. The molecule has 0 spiro atoms. The number of sulfonamides is 1. The highest BCUT2D eigenvalue weighted by molar-refractivity contribution is 7.91. The zero-order chi connectivity index (χ0) is 23.9. The van der Waals surface area contributed by atoms with Crippen molar-refractivity contribution >= 4 is 27.3 Å². The van der Waals surface area contributed by atoms with Crippen molar-refractivity contribution in [3.63, 3.8) is 0 Å². The van der Waals surface area contributed by atoms with Gasteiger partial charge in [0.05, 0.1) is 18.2 Å². The summed E-state index contributed by atoms with van der Waals surface area (Å²) in [5.74, 6) is -0.719. The average molecular weight is 491 g/mol. The van der Waals surface area contributed by atoms with Crippen LogP contribution in [0.1, 0.15) is 52.7 Å². The molecular weight excluding hydrogens is 465 g/mol. The predicted octanol–water partition coefficient (Wildman–Crippen LogP) is 4.19. The third kappa shape index (κ3) is 5.51. The maximum Gasteiger partial charge on any atom is 0.416 e. The molecular formula is C21H25F3N2O4S2. The van der Waals surface area contributed by atoms with Crippen LogP contribution in [0.15, 0.2) is 28.5 Å². The summed E-state index contributed by atoms with van der Waals surface area (Å²) in [7, 11) is -2.77. The summed E-state index contributed by atoms with van der Waals surface area (Å²) in [5.41, 5.74) is -0.278. The SMILES string of the molecule is COC(=O)c1c(S(=O)(=O)NC(C)(C)C)sc2c1CCN(Cc1cccc(C(F)(F)F)c1)C2. The molecule has 0 saturated carbocycles. The third-order valence-electron chi connectivity index (χ3n) is 4.84. The molecule has 1 aromatic heterocycles. The minimum absolute atomic E-state index is 0.0444. The maximum atomic E-state index is 13.0. The van der Waals surface area contributed by atoms with Crippen molar-refractivity contribution in [2.24, 2.45) is 0 Å². The molecule has 1 aromatic carbocycles. The lowest BCUT2D eigenvalue weighted by molar-refractivity contribution is -0.137. The molecule has 0 atom stereocenters. The van der Waals surface area contributed by atoms with Gasteiger partial charge >= 0.3 is 12.1 Å². The smallest absolute Gasteiger partial charge is 0.416 e. The number of nitrogens with one attached hydrogen (secondary N) is 1. The first kappa shape index (κ1) is 24.7. The standard InChI is InChI=1S/C21H25F3N2O4S2/c1-20(2,3)25-32(28,29)19-17(18(27)30-4)15-8-9-26(12-16(15)31-19)11-13-6-5-7-14(10-13)21(22,23)24/h5-7,10,25H,8-9,11-12H2,1-4H3. The van der Waals surface area contributed by atoms with Gasteiger partial charge in [0, 0.05) is 30.1 Å². The Morgan fingerprint density at radius 1 is 1.25 bits per heavy atom. The summed E-state index contributed by atoms with van der Waals surface area (Å²) in [5, 5.41) is 0. The summed E-state index contributed by atoms with van der Waals surface area (Å²) < 4.78 is 72.3. The number of hydrogen-bond donors (Lipinski definition) is 1. The second-order valence-electron chi connectivity index (χ2n) is 8.67. The molecule has 0 amide bonds. The van der Waals surface area contributed by atoms with Crippen molar-refractivity contribution in [1.82, 2.24) is 9.62 Å². The van der Waals surface area contributed by atoms with E-state index in [9.17, 15) is 26.4 Å². The normalized spacial score (nSPS) is 15.5. The Hall–Kier alpha value is -1.95. The van der Waals surface area contributed by atoms with Crippen molar-refractivity contribution in [3.8, 4) is 0 Å². The van der Waals surface area contributed by atoms with Gasteiger partial charge in [-0.1, -0.05) is 18.2 Å². The van der Waals surface area contributed by atoms with Gasteiger partial charge in [-0.3, -0.25) is 4.90 Å². The van der Waals surface area contributed by atoms with E-state index in [0.29, 0.717) is 35.5 Å². The number of hydrogen-bond acceptors (Lipinski definition) is 6. The lowest BCUT2D eigenvalue weighted by Gasteiger charge is -2.27. The van der Waals surface area contributed by atoms with Crippen LogP contribution in [0.5, 0.6) is 0 Å². The van der Waals surface area contributed by atoms with E-state index in [4.69, 9.17) is 4.74 Å². The number of halogens is 3. The average Bonchev–Trinajstić information content (AvgIpc) is 3.05. The number of ether oxygens (including phenoxy) is 1. The molecule has 3 rings (SSSR count). The lowest BCUT2D eigenvalue weighted by Crippen LogP contribution is -2.40. The number of methoxy groups -OCH3 is 1. The van der Waals surface area contributed by atoms with Crippen LogP contribution in [0.25, 0.3) is 0 Å². The maximum absolute atomic E-state index is 13.0. The van der Waals surface area contributed by atoms with Crippen LogP contribution in [-0.4, -0.2) is 38.5 Å². The molecule has 1 aliphatic rings. The van der Waals surface area contributed by atoms with Crippen LogP contribution in [0, 0.1) is 0 Å². The van der Waals surface area contributed by atoms with Crippen LogP contribution in [0.2, 0.25) is 0 Å². The summed E-state index contributed by atoms with van der Waals surface area (Å²) in [4.78, 5) is 15.1. The molecule has 2 aromatic rings. The van der Waals surface area contributed by atoms with Gasteiger partial charge in [-0.15, -0.1) is 11.3 Å². The van der Waals surface area contributed by atoms with Crippen LogP contribution >= 0.6 is 11.3 Å². The highest BCUT2D eigenvalue weighted by Crippen LogP contribution is 2.37. The van der Waals surface area contributed by atoms with E-state index in [1.807, 2.05) is 4.90 Å². The minimum atomic E-state index is -4.42. The molecule has 0 unspecified atom stereocenters. The Morgan fingerprint density at radius 3 is 2.53 bits per heavy atom. The van der Waals surface area contributed by atoms with Crippen LogP contribution in [0.3, 0.4) is 0 Å². The number of carbonyl (C=O) groups is 1. The van der Waals surface area contributed by atoms with E-state index >= 15 is 0 Å². The lowest BCUT2D eigenvalue weighted by atomic mass is 10.0. The first-order valence-corrected chi connectivity index (χ1v) is 12.2. The molecule has 176 valence electrons. The van der Waals surface area contributed by atoms with Crippen LogP contribution in [0.4, 0.5) is 13.2 Å². The molecule has 1 N–H and O–H groups in total. The van der Waals surface area contributed by atoms with E-state index in [1.54, 1.807) is 26.8 Å². The van der Waals surface area contributed by atoms with Gasteiger partial charge in [0.2, 0.25) is 0 Å². The first-order valence-electron chi connectivity index (χ1n) is 9.86. The van der Waals surface area contributed by atoms with Gasteiger partial charge in [0.15, 0.2) is 0 Å². The van der Waals surface area contributed by atoms with Crippen molar-refractivity contribution in [1.29, 1.82) is 0 Å². The van der Waals surface area contributed by atoms with E-state index < -0.39 is 33.3 Å². The van der Waals surface area contributed by atoms with Crippen LogP contribution < -0.4 is 4.72 Å². The zero-order valence-electron chi connectivity index (χ0n) is 18.2. The fraction of sp³-hybridized carbons (Fsp3) is 0.476.